The Morgan fingerprint density at radius 1 is 1.00 bits per heavy atom. The van der Waals surface area contributed by atoms with Crippen LogP contribution in [0.15, 0.2) is 5.57 Å². The predicted octanol–water partition coefficient (Wildman–Crippen LogP) is 0.651. The van der Waals surface area contributed by atoms with Gasteiger partial charge in [-0.15, -0.1) is 0 Å². The van der Waals surface area contributed by atoms with Crippen LogP contribution in [0.5, 0.6) is 0 Å². The fourth-order valence-corrected chi connectivity index (χ4v) is 0.907. The minimum absolute atomic E-state index is 0.0481. The van der Waals surface area contributed by atoms with E-state index in [1.165, 1.54) is 0 Å². The number of rotatable bonds is 6. The van der Waals surface area contributed by atoms with Gasteiger partial charge in [0.2, 0.25) is 0 Å². The lowest BCUT2D eigenvalue weighted by Gasteiger charge is -2.03. The summed E-state index contributed by atoms with van der Waals surface area (Å²) in [7, 11) is 0. The first-order chi connectivity index (χ1) is 7.13. The summed E-state index contributed by atoms with van der Waals surface area (Å²) in [5.41, 5.74) is 0.0481. The van der Waals surface area contributed by atoms with Crippen molar-refractivity contribution in [1.82, 2.24) is 0 Å². The van der Waals surface area contributed by atoms with Gasteiger partial charge in [0.1, 0.15) is 5.94 Å². The summed E-state index contributed by atoms with van der Waals surface area (Å²) >= 11 is 0. The van der Waals surface area contributed by atoms with Crippen LogP contribution in [-0.4, -0.2) is 31.1 Å². The van der Waals surface area contributed by atoms with Gasteiger partial charge in [-0.3, -0.25) is 9.59 Å². The fraction of sp³-hybridized carbons (Fsp3) is 0.600. The molecule has 0 aliphatic rings. The van der Waals surface area contributed by atoms with Crippen molar-refractivity contribution in [2.24, 2.45) is 0 Å². The third-order valence-electron chi connectivity index (χ3n) is 1.47. The van der Waals surface area contributed by atoms with Crippen molar-refractivity contribution >= 4 is 17.9 Å². The van der Waals surface area contributed by atoms with Gasteiger partial charge >= 0.3 is 11.9 Å². The summed E-state index contributed by atoms with van der Waals surface area (Å²) in [5.74, 6) is 0.463. The maximum Gasteiger partial charge on any atom is 0.310 e. The predicted molar refractivity (Wildman–Crippen MR) is 51.7 cm³/mol. The molecule has 0 saturated heterocycles. The minimum atomic E-state index is -0.542. The zero-order valence-electron chi connectivity index (χ0n) is 8.87. The molecule has 0 radical (unpaired) electrons. The molecule has 0 N–H and O–H groups in total. The third-order valence-corrected chi connectivity index (χ3v) is 1.47. The molecule has 0 aliphatic carbocycles. The molecule has 0 saturated carbocycles. The highest BCUT2D eigenvalue weighted by Gasteiger charge is 2.12. The first-order valence-electron chi connectivity index (χ1n) is 4.68. The summed E-state index contributed by atoms with van der Waals surface area (Å²) in [6, 6.07) is 0. The SMILES string of the molecule is CCOC(=O)CC(=C=O)CC(=O)OCC. The van der Waals surface area contributed by atoms with Crippen LogP contribution in [0, 0.1) is 0 Å². The molecule has 0 aromatic heterocycles. The molecular weight excluding hydrogens is 200 g/mol. The summed E-state index contributed by atoms with van der Waals surface area (Å²) in [5, 5.41) is 0. The van der Waals surface area contributed by atoms with E-state index in [0.29, 0.717) is 0 Å². The Balaban J connectivity index is 4.11. The highest BCUT2D eigenvalue weighted by Crippen LogP contribution is 2.05. The van der Waals surface area contributed by atoms with Gasteiger partial charge in [-0.1, -0.05) is 0 Å². The molecule has 84 valence electrons. The molecule has 5 heteroatoms. The Morgan fingerprint density at radius 2 is 1.40 bits per heavy atom. The Bertz CT molecular complexity index is 254. The lowest BCUT2D eigenvalue weighted by atomic mass is 10.1. The number of carbonyl (C=O) groups is 2. The average molecular weight is 214 g/mol. The van der Waals surface area contributed by atoms with Gasteiger partial charge in [0.25, 0.3) is 0 Å². The molecule has 5 nitrogen and oxygen atoms in total. The minimum Gasteiger partial charge on any atom is -0.466 e. The van der Waals surface area contributed by atoms with Gasteiger partial charge in [-0.2, -0.15) is 0 Å². The Kier molecular flexibility index (Phi) is 6.93. The second kappa shape index (κ2) is 7.76. The van der Waals surface area contributed by atoms with Crippen molar-refractivity contribution in [3.63, 3.8) is 0 Å². The van der Waals surface area contributed by atoms with Gasteiger partial charge in [0, 0.05) is 5.57 Å². The fourth-order valence-electron chi connectivity index (χ4n) is 0.907. The molecule has 15 heavy (non-hydrogen) atoms. The zero-order chi connectivity index (χ0) is 11.7. The van der Waals surface area contributed by atoms with Crippen LogP contribution in [0.2, 0.25) is 0 Å². The summed E-state index contributed by atoms with van der Waals surface area (Å²) in [6.07, 6.45) is -0.424. The molecule has 0 spiro atoms. The molecule has 0 aromatic rings. The molecule has 0 rings (SSSR count). The lowest BCUT2D eigenvalue weighted by Crippen LogP contribution is -2.10. The van der Waals surface area contributed by atoms with Crippen molar-refractivity contribution < 1.29 is 23.9 Å². The second-order valence-electron chi connectivity index (χ2n) is 2.67. The Labute approximate surface area is 88.0 Å². The maximum atomic E-state index is 11.0. The van der Waals surface area contributed by atoms with Crippen LogP contribution in [0.1, 0.15) is 26.7 Å². The topological polar surface area (TPSA) is 69.7 Å². The van der Waals surface area contributed by atoms with Crippen molar-refractivity contribution in [1.29, 1.82) is 0 Å². The molecule has 0 aliphatic heterocycles. The van der Waals surface area contributed by atoms with Gasteiger partial charge in [0.05, 0.1) is 26.1 Å². The number of carbonyl (C=O) groups excluding carboxylic acids is 3. The monoisotopic (exact) mass is 214 g/mol. The van der Waals surface area contributed by atoms with Crippen molar-refractivity contribution in [3.8, 4) is 0 Å². The van der Waals surface area contributed by atoms with Crippen LogP contribution in [0.4, 0.5) is 0 Å². The van der Waals surface area contributed by atoms with E-state index in [1.807, 2.05) is 0 Å². The lowest BCUT2D eigenvalue weighted by molar-refractivity contribution is -0.143. The average Bonchev–Trinajstić information content (AvgIpc) is 2.17. The summed E-state index contributed by atoms with van der Waals surface area (Å²) in [6.45, 7) is 3.80. The number of hydrogen-bond donors (Lipinski definition) is 0. The van der Waals surface area contributed by atoms with Crippen molar-refractivity contribution in [2.45, 2.75) is 26.7 Å². The van der Waals surface area contributed by atoms with Crippen LogP contribution >= 0.6 is 0 Å². The first-order valence-corrected chi connectivity index (χ1v) is 4.68. The standard InChI is InChI=1S/C10H14O5/c1-3-14-9(12)5-8(7-11)6-10(13)15-4-2/h3-6H2,1-2H3. The van der Waals surface area contributed by atoms with Gasteiger partial charge in [-0.05, 0) is 13.8 Å². The van der Waals surface area contributed by atoms with Crippen molar-refractivity contribution in [2.75, 3.05) is 13.2 Å². The Hall–Kier alpha value is -1.61. The number of esters is 2. The first kappa shape index (κ1) is 13.4. The van der Waals surface area contributed by atoms with E-state index in [9.17, 15) is 14.4 Å². The quantitative estimate of drug-likeness (QED) is 0.479. The highest BCUT2D eigenvalue weighted by molar-refractivity contribution is 5.82. The molecule has 0 bridgehead atoms. The van der Waals surface area contributed by atoms with Crippen molar-refractivity contribution in [3.05, 3.63) is 5.57 Å². The molecule has 0 aromatic carbocycles. The van der Waals surface area contributed by atoms with E-state index >= 15 is 0 Å². The molecule has 0 unspecified atom stereocenters. The van der Waals surface area contributed by atoms with E-state index in [2.05, 4.69) is 9.47 Å². The van der Waals surface area contributed by atoms with E-state index < -0.39 is 11.9 Å². The van der Waals surface area contributed by atoms with Gasteiger partial charge in [-0.25, -0.2) is 4.79 Å². The van der Waals surface area contributed by atoms with Crippen LogP contribution in [0.25, 0.3) is 0 Å². The van der Waals surface area contributed by atoms with E-state index in [1.54, 1.807) is 19.8 Å². The number of ether oxygens (including phenoxy) is 2. The molecule has 0 heterocycles. The molecule has 0 fully saturated rings. The summed E-state index contributed by atoms with van der Waals surface area (Å²) in [4.78, 5) is 32.4. The van der Waals surface area contributed by atoms with Crippen LogP contribution in [0.3, 0.4) is 0 Å². The second-order valence-corrected chi connectivity index (χ2v) is 2.67. The van der Waals surface area contributed by atoms with Crippen LogP contribution in [-0.2, 0) is 23.9 Å². The van der Waals surface area contributed by atoms with Gasteiger partial charge in [0.15, 0.2) is 0 Å². The molecule has 0 atom stereocenters. The van der Waals surface area contributed by atoms with E-state index in [-0.39, 0.29) is 31.6 Å². The Morgan fingerprint density at radius 3 is 1.67 bits per heavy atom. The molecular formula is C10H14O5. The van der Waals surface area contributed by atoms with Gasteiger partial charge < -0.3 is 9.47 Å². The van der Waals surface area contributed by atoms with E-state index in [4.69, 9.17) is 0 Å². The highest BCUT2D eigenvalue weighted by atomic mass is 16.5. The third kappa shape index (κ3) is 6.46. The normalized spacial score (nSPS) is 8.93. The smallest absolute Gasteiger partial charge is 0.310 e. The zero-order valence-corrected chi connectivity index (χ0v) is 8.87. The number of hydrogen-bond acceptors (Lipinski definition) is 5. The van der Waals surface area contributed by atoms with E-state index in [0.717, 1.165) is 0 Å². The maximum absolute atomic E-state index is 11.0. The largest absolute Gasteiger partial charge is 0.466 e. The molecule has 0 amide bonds. The van der Waals surface area contributed by atoms with Crippen LogP contribution < -0.4 is 0 Å². The summed E-state index contributed by atoms with van der Waals surface area (Å²) < 4.78 is 9.25.